The lowest BCUT2D eigenvalue weighted by atomic mass is 10.0. The predicted molar refractivity (Wildman–Crippen MR) is 69.1 cm³/mol. The number of epoxide rings is 2. The summed E-state index contributed by atoms with van der Waals surface area (Å²) < 4.78 is 16.3. The van der Waals surface area contributed by atoms with E-state index < -0.39 is 0 Å². The monoisotopic (exact) mass is 248 g/mol. The molecule has 3 rings (SSSR count). The highest BCUT2D eigenvalue weighted by Gasteiger charge is 2.26. The van der Waals surface area contributed by atoms with Crippen LogP contribution in [-0.2, 0) is 22.3 Å². The summed E-state index contributed by atoms with van der Waals surface area (Å²) in [6, 6.07) is 6.54. The number of hydrogen-bond acceptors (Lipinski definition) is 3. The molecule has 98 valence electrons. The second-order valence-corrected chi connectivity index (χ2v) is 5.12. The fraction of sp³-hybridized carbons (Fsp3) is 0.600. The van der Waals surface area contributed by atoms with Gasteiger partial charge in [0, 0.05) is 6.42 Å². The van der Waals surface area contributed by atoms with Gasteiger partial charge in [-0.15, -0.1) is 0 Å². The minimum Gasteiger partial charge on any atom is -0.491 e. The molecule has 2 heterocycles. The lowest BCUT2D eigenvalue weighted by molar-refractivity contribution is 0.260. The van der Waals surface area contributed by atoms with E-state index in [9.17, 15) is 0 Å². The summed E-state index contributed by atoms with van der Waals surface area (Å²) >= 11 is 0. The van der Waals surface area contributed by atoms with Gasteiger partial charge >= 0.3 is 0 Å². The van der Waals surface area contributed by atoms with Gasteiger partial charge in [-0.3, -0.25) is 0 Å². The van der Waals surface area contributed by atoms with Crippen molar-refractivity contribution in [2.75, 3.05) is 19.8 Å². The highest BCUT2D eigenvalue weighted by molar-refractivity contribution is 5.38. The fourth-order valence-corrected chi connectivity index (χ4v) is 2.16. The highest BCUT2D eigenvalue weighted by Crippen LogP contribution is 2.27. The van der Waals surface area contributed by atoms with Crippen LogP contribution in [0.15, 0.2) is 18.2 Å². The lowest BCUT2D eigenvalue weighted by Gasteiger charge is -2.12. The smallest absolute Gasteiger partial charge is 0.122 e. The van der Waals surface area contributed by atoms with Crippen molar-refractivity contribution in [3.05, 3.63) is 29.3 Å². The zero-order valence-electron chi connectivity index (χ0n) is 10.9. The van der Waals surface area contributed by atoms with Crippen LogP contribution in [0.1, 0.15) is 24.5 Å². The van der Waals surface area contributed by atoms with Gasteiger partial charge < -0.3 is 14.2 Å². The number of ether oxygens (including phenoxy) is 3. The predicted octanol–water partition coefficient (Wildman–Crippen LogP) is 2.36. The van der Waals surface area contributed by atoms with Crippen LogP contribution in [0.3, 0.4) is 0 Å². The molecule has 0 aliphatic carbocycles. The van der Waals surface area contributed by atoms with Crippen molar-refractivity contribution in [1.29, 1.82) is 0 Å². The van der Waals surface area contributed by atoms with Crippen molar-refractivity contribution in [2.24, 2.45) is 0 Å². The summed E-state index contributed by atoms with van der Waals surface area (Å²) in [5, 5.41) is 0. The van der Waals surface area contributed by atoms with Crippen LogP contribution in [0.4, 0.5) is 0 Å². The van der Waals surface area contributed by atoms with E-state index in [-0.39, 0.29) is 0 Å². The molecule has 3 nitrogen and oxygen atoms in total. The molecule has 0 amide bonds. The van der Waals surface area contributed by atoms with E-state index in [0.29, 0.717) is 18.8 Å². The third kappa shape index (κ3) is 3.24. The van der Waals surface area contributed by atoms with E-state index in [2.05, 4.69) is 25.1 Å². The molecule has 3 heteroatoms. The molecule has 0 spiro atoms. The van der Waals surface area contributed by atoms with Gasteiger partial charge in [0.05, 0.1) is 19.3 Å². The summed E-state index contributed by atoms with van der Waals surface area (Å²) in [5.41, 5.74) is 2.67. The van der Waals surface area contributed by atoms with E-state index in [1.807, 2.05) is 0 Å². The summed E-state index contributed by atoms with van der Waals surface area (Å²) in [7, 11) is 0. The summed E-state index contributed by atoms with van der Waals surface area (Å²) in [6.07, 6.45) is 3.99. The first-order chi connectivity index (χ1) is 8.85. The fourth-order valence-electron chi connectivity index (χ4n) is 2.16. The Morgan fingerprint density at radius 2 is 2.00 bits per heavy atom. The molecule has 2 saturated heterocycles. The number of hydrogen-bond donors (Lipinski definition) is 0. The Morgan fingerprint density at radius 3 is 2.67 bits per heavy atom. The minimum absolute atomic E-state index is 0.311. The molecule has 1 aromatic carbocycles. The largest absolute Gasteiger partial charge is 0.491 e. The second kappa shape index (κ2) is 5.29. The van der Waals surface area contributed by atoms with Gasteiger partial charge in [-0.2, -0.15) is 0 Å². The van der Waals surface area contributed by atoms with Crippen LogP contribution in [0.5, 0.6) is 5.75 Å². The molecular formula is C15H20O3. The molecule has 2 unspecified atom stereocenters. The molecule has 0 radical (unpaired) electrons. The first-order valence-electron chi connectivity index (χ1n) is 6.83. The Morgan fingerprint density at radius 1 is 1.22 bits per heavy atom. The molecule has 18 heavy (non-hydrogen) atoms. The Balaban J connectivity index is 1.71. The van der Waals surface area contributed by atoms with Crippen LogP contribution in [-0.4, -0.2) is 32.0 Å². The summed E-state index contributed by atoms with van der Waals surface area (Å²) in [6.45, 7) is 4.61. The van der Waals surface area contributed by atoms with Crippen LogP contribution in [0.25, 0.3) is 0 Å². The Bertz CT molecular complexity index is 408. The quantitative estimate of drug-likeness (QED) is 0.695. The van der Waals surface area contributed by atoms with Crippen molar-refractivity contribution in [3.8, 4) is 5.75 Å². The first-order valence-corrected chi connectivity index (χ1v) is 6.83. The van der Waals surface area contributed by atoms with E-state index in [1.165, 1.54) is 17.5 Å². The molecule has 2 aliphatic heterocycles. The van der Waals surface area contributed by atoms with Gasteiger partial charge in [-0.1, -0.05) is 25.5 Å². The molecule has 0 saturated carbocycles. The van der Waals surface area contributed by atoms with Crippen molar-refractivity contribution in [3.63, 3.8) is 0 Å². The second-order valence-electron chi connectivity index (χ2n) is 5.12. The lowest BCUT2D eigenvalue weighted by Crippen LogP contribution is -2.07. The van der Waals surface area contributed by atoms with Crippen molar-refractivity contribution >= 4 is 0 Å². The van der Waals surface area contributed by atoms with Crippen molar-refractivity contribution in [1.82, 2.24) is 0 Å². The van der Waals surface area contributed by atoms with Gasteiger partial charge in [0.25, 0.3) is 0 Å². The van der Waals surface area contributed by atoms with Gasteiger partial charge in [0.2, 0.25) is 0 Å². The molecule has 1 aromatic rings. The third-order valence-electron chi connectivity index (χ3n) is 3.34. The van der Waals surface area contributed by atoms with E-state index in [4.69, 9.17) is 14.2 Å². The normalized spacial score (nSPS) is 24.9. The average Bonchev–Trinajstić information content (AvgIpc) is 3.24. The standard InChI is InChI=1S/C15H20O3/c1-2-3-11-4-5-15(18-10-14-9-17-14)12(6-11)7-13-8-16-13/h4-6,13-14H,2-3,7-10H2,1H3. The van der Waals surface area contributed by atoms with E-state index >= 15 is 0 Å². The SMILES string of the molecule is CCCc1ccc(OCC2CO2)c(CC2CO2)c1. The van der Waals surface area contributed by atoms with Crippen LogP contribution >= 0.6 is 0 Å². The average molecular weight is 248 g/mol. The van der Waals surface area contributed by atoms with E-state index in [0.717, 1.165) is 31.8 Å². The number of aryl methyl sites for hydroxylation is 1. The maximum atomic E-state index is 5.84. The molecule has 0 bridgehead atoms. The number of benzene rings is 1. The maximum Gasteiger partial charge on any atom is 0.122 e. The minimum atomic E-state index is 0.311. The zero-order chi connectivity index (χ0) is 12.4. The van der Waals surface area contributed by atoms with Crippen molar-refractivity contribution < 1.29 is 14.2 Å². The first kappa shape index (κ1) is 12.0. The van der Waals surface area contributed by atoms with E-state index in [1.54, 1.807) is 0 Å². The van der Waals surface area contributed by atoms with Crippen LogP contribution in [0.2, 0.25) is 0 Å². The highest BCUT2D eigenvalue weighted by atomic mass is 16.6. The molecule has 2 aliphatic rings. The Kier molecular flexibility index (Phi) is 3.52. The third-order valence-corrected chi connectivity index (χ3v) is 3.34. The molecule has 2 fully saturated rings. The number of rotatable bonds is 7. The topological polar surface area (TPSA) is 34.3 Å². The van der Waals surface area contributed by atoms with Gasteiger partial charge in [-0.25, -0.2) is 0 Å². The molecule has 0 N–H and O–H groups in total. The summed E-state index contributed by atoms with van der Waals surface area (Å²) in [4.78, 5) is 0. The molecule has 0 aromatic heterocycles. The Labute approximate surface area is 108 Å². The maximum absolute atomic E-state index is 5.84. The van der Waals surface area contributed by atoms with Crippen LogP contribution in [0, 0.1) is 0 Å². The zero-order valence-corrected chi connectivity index (χ0v) is 10.9. The van der Waals surface area contributed by atoms with Gasteiger partial charge in [-0.05, 0) is 23.6 Å². The molecule has 2 atom stereocenters. The van der Waals surface area contributed by atoms with Gasteiger partial charge in [0.15, 0.2) is 0 Å². The van der Waals surface area contributed by atoms with Gasteiger partial charge in [0.1, 0.15) is 18.5 Å². The van der Waals surface area contributed by atoms with Crippen LogP contribution < -0.4 is 4.74 Å². The Hall–Kier alpha value is -1.06. The van der Waals surface area contributed by atoms with Crippen molar-refractivity contribution in [2.45, 2.75) is 38.4 Å². The summed E-state index contributed by atoms with van der Waals surface area (Å²) in [5.74, 6) is 1.00. The molecular weight excluding hydrogens is 228 g/mol.